The SMILES string of the molecule is CN1CCN(C(=O)c2cc(-c3ccc(Cl)cc3)cs2)CC1. The van der Waals surface area contributed by atoms with E-state index in [0.29, 0.717) is 0 Å². The molecule has 1 amide bonds. The first-order valence-electron chi connectivity index (χ1n) is 6.96. The van der Waals surface area contributed by atoms with E-state index in [1.165, 1.54) is 11.3 Å². The van der Waals surface area contributed by atoms with Crippen LogP contribution in [0.25, 0.3) is 11.1 Å². The minimum absolute atomic E-state index is 0.147. The van der Waals surface area contributed by atoms with E-state index in [0.717, 1.165) is 47.2 Å². The van der Waals surface area contributed by atoms with Crippen LogP contribution in [0, 0.1) is 0 Å². The van der Waals surface area contributed by atoms with Crippen LogP contribution in [-0.2, 0) is 0 Å². The van der Waals surface area contributed by atoms with Crippen LogP contribution in [0.2, 0.25) is 5.02 Å². The summed E-state index contributed by atoms with van der Waals surface area (Å²) < 4.78 is 0. The number of likely N-dealkylation sites (N-methyl/N-ethyl adjacent to an activating group) is 1. The lowest BCUT2D eigenvalue weighted by Gasteiger charge is -2.32. The van der Waals surface area contributed by atoms with Gasteiger partial charge in [-0.25, -0.2) is 0 Å². The van der Waals surface area contributed by atoms with Crippen molar-refractivity contribution in [1.82, 2.24) is 9.80 Å². The Bertz CT molecular complexity index is 630. The Morgan fingerprint density at radius 1 is 1.10 bits per heavy atom. The van der Waals surface area contributed by atoms with Crippen LogP contribution in [0.1, 0.15) is 9.67 Å². The fraction of sp³-hybridized carbons (Fsp3) is 0.312. The maximum Gasteiger partial charge on any atom is 0.264 e. The van der Waals surface area contributed by atoms with Gasteiger partial charge in [-0.1, -0.05) is 23.7 Å². The maximum absolute atomic E-state index is 12.5. The summed E-state index contributed by atoms with van der Waals surface area (Å²) in [4.78, 5) is 17.5. The van der Waals surface area contributed by atoms with Crippen molar-refractivity contribution in [3.63, 3.8) is 0 Å². The summed E-state index contributed by atoms with van der Waals surface area (Å²) in [6, 6.07) is 9.69. The van der Waals surface area contributed by atoms with Crippen molar-refractivity contribution in [2.45, 2.75) is 0 Å². The lowest BCUT2D eigenvalue weighted by molar-refractivity contribution is 0.0669. The Kier molecular flexibility index (Phi) is 4.29. The number of halogens is 1. The molecule has 2 aromatic rings. The summed E-state index contributed by atoms with van der Waals surface area (Å²) in [6.07, 6.45) is 0. The van der Waals surface area contributed by atoms with E-state index in [4.69, 9.17) is 11.6 Å². The molecule has 2 heterocycles. The normalized spacial score (nSPS) is 16.2. The van der Waals surface area contributed by atoms with Crippen molar-refractivity contribution in [3.05, 3.63) is 45.6 Å². The Labute approximate surface area is 133 Å². The number of piperazine rings is 1. The predicted octanol–water partition coefficient (Wildman–Crippen LogP) is 3.46. The Hall–Kier alpha value is -1.36. The fourth-order valence-corrected chi connectivity index (χ4v) is 3.42. The molecular formula is C16H17ClN2OS. The minimum atomic E-state index is 0.147. The second kappa shape index (κ2) is 6.18. The van der Waals surface area contributed by atoms with Gasteiger partial charge in [-0.3, -0.25) is 4.79 Å². The zero-order valence-corrected chi connectivity index (χ0v) is 13.5. The molecule has 21 heavy (non-hydrogen) atoms. The zero-order chi connectivity index (χ0) is 14.8. The molecule has 1 aliphatic rings. The van der Waals surface area contributed by atoms with Crippen LogP contribution in [0.5, 0.6) is 0 Å². The second-order valence-electron chi connectivity index (χ2n) is 5.30. The molecule has 0 bridgehead atoms. The molecule has 0 unspecified atom stereocenters. The van der Waals surface area contributed by atoms with Gasteiger partial charge in [-0.15, -0.1) is 11.3 Å². The van der Waals surface area contributed by atoms with Crippen molar-refractivity contribution < 1.29 is 4.79 Å². The summed E-state index contributed by atoms with van der Waals surface area (Å²) in [5, 5.41) is 2.76. The van der Waals surface area contributed by atoms with Crippen molar-refractivity contribution in [1.29, 1.82) is 0 Å². The standard InChI is InChI=1S/C16H17ClN2OS/c1-18-6-8-19(9-7-18)16(20)15-10-13(11-21-15)12-2-4-14(17)5-3-12/h2-5,10-11H,6-9H2,1H3. The molecule has 0 N–H and O–H groups in total. The van der Waals surface area contributed by atoms with E-state index in [9.17, 15) is 4.79 Å². The summed E-state index contributed by atoms with van der Waals surface area (Å²) in [6.45, 7) is 3.51. The van der Waals surface area contributed by atoms with Gasteiger partial charge >= 0.3 is 0 Å². The van der Waals surface area contributed by atoms with Crippen molar-refractivity contribution >= 4 is 28.8 Å². The first-order valence-corrected chi connectivity index (χ1v) is 8.21. The lowest BCUT2D eigenvalue weighted by atomic mass is 10.1. The molecule has 0 aliphatic carbocycles. The number of amides is 1. The van der Waals surface area contributed by atoms with E-state index in [2.05, 4.69) is 11.9 Å². The third kappa shape index (κ3) is 3.28. The molecule has 0 spiro atoms. The lowest BCUT2D eigenvalue weighted by Crippen LogP contribution is -2.46. The Morgan fingerprint density at radius 2 is 1.76 bits per heavy atom. The van der Waals surface area contributed by atoms with Gasteiger partial charge in [-0.05, 0) is 41.8 Å². The largest absolute Gasteiger partial charge is 0.335 e. The average molecular weight is 321 g/mol. The van der Waals surface area contributed by atoms with Gasteiger partial charge < -0.3 is 9.80 Å². The Morgan fingerprint density at radius 3 is 2.43 bits per heavy atom. The molecule has 110 valence electrons. The summed E-state index contributed by atoms with van der Waals surface area (Å²) in [5.74, 6) is 0.147. The molecular weight excluding hydrogens is 304 g/mol. The molecule has 3 rings (SSSR count). The highest BCUT2D eigenvalue weighted by atomic mass is 35.5. The molecule has 0 atom stereocenters. The van der Waals surface area contributed by atoms with Gasteiger partial charge in [0.05, 0.1) is 4.88 Å². The van der Waals surface area contributed by atoms with Crippen LogP contribution < -0.4 is 0 Å². The molecule has 1 aromatic carbocycles. The second-order valence-corrected chi connectivity index (χ2v) is 6.65. The smallest absolute Gasteiger partial charge is 0.264 e. The summed E-state index contributed by atoms with van der Waals surface area (Å²) in [5.41, 5.74) is 2.17. The number of benzene rings is 1. The number of rotatable bonds is 2. The highest BCUT2D eigenvalue weighted by Gasteiger charge is 2.21. The van der Waals surface area contributed by atoms with Crippen LogP contribution in [0.15, 0.2) is 35.7 Å². The first-order chi connectivity index (χ1) is 10.1. The van der Waals surface area contributed by atoms with E-state index in [1.54, 1.807) is 0 Å². The van der Waals surface area contributed by atoms with E-state index < -0.39 is 0 Å². The van der Waals surface area contributed by atoms with E-state index in [-0.39, 0.29) is 5.91 Å². The van der Waals surface area contributed by atoms with Crippen LogP contribution in [-0.4, -0.2) is 48.9 Å². The molecule has 1 aromatic heterocycles. The predicted molar refractivity (Wildman–Crippen MR) is 88.2 cm³/mol. The molecule has 0 radical (unpaired) electrons. The molecule has 1 fully saturated rings. The number of hydrogen-bond acceptors (Lipinski definition) is 3. The van der Waals surface area contributed by atoms with Gasteiger partial charge in [-0.2, -0.15) is 0 Å². The maximum atomic E-state index is 12.5. The van der Waals surface area contributed by atoms with Crippen LogP contribution in [0.3, 0.4) is 0 Å². The summed E-state index contributed by atoms with van der Waals surface area (Å²) >= 11 is 7.42. The third-order valence-corrected chi connectivity index (χ3v) is 4.95. The van der Waals surface area contributed by atoms with E-state index in [1.807, 2.05) is 40.6 Å². The van der Waals surface area contributed by atoms with Gasteiger partial charge in [0.25, 0.3) is 5.91 Å². The third-order valence-electron chi connectivity index (χ3n) is 3.78. The van der Waals surface area contributed by atoms with Crippen molar-refractivity contribution in [3.8, 4) is 11.1 Å². The first kappa shape index (κ1) is 14.6. The number of hydrogen-bond donors (Lipinski definition) is 0. The zero-order valence-electron chi connectivity index (χ0n) is 11.9. The number of nitrogens with zero attached hydrogens (tertiary/aromatic N) is 2. The average Bonchev–Trinajstić information content (AvgIpc) is 2.98. The van der Waals surface area contributed by atoms with Crippen molar-refractivity contribution in [2.75, 3.05) is 33.2 Å². The van der Waals surface area contributed by atoms with Crippen molar-refractivity contribution in [2.24, 2.45) is 0 Å². The highest BCUT2D eigenvalue weighted by molar-refractivity contribution is 7.12. The molecule has 0 saturated carbocycles. The number of thiophene rings is 1. The quantitative estimate of drug-likeness (QED) is 0.846. The molecule has 1 saturated heterocycles. The van der Waals surface area contributed by atoms with Gasteiger partial charge in [0.15, 0.2) is 0 Å². The monoisotopic (exact) mass is 320 g/mol. The van der Waals surface area contributed by atoms with Gasteiger partial charge in [0.2, 0.25) is 0 Å². The highest BCUT2D eigenvalue weighted by Crippen LogP contribution is 2.27. The molecule has 3 nitrogen and oxygen atoms in total. The van der Waals surface area contributed by atoms with Gasteiger partial charge in [0.1, 0.15) is 0 Å². The number of carbonyl (C=O) groups excluding carboxylic acids is 1. The Balaban J connectivity index is 1.75. The topological polar surface area (TPSA) is 23.6 Å². The fourth-order valence-electron chi connectivity index (χ4n) is 2.41. The minimum Gasteiger partial charge on any atom is -0.335 e. The number of carbonyl (C=O) groups is 1. The van der Waals surface area contributed by atoms with Gasteiger partial charge in [0, 0.05) is 31.2 Å². The molecule has 1 aliphatic heterocycles. The van der Waals surface area contributed by atoms with Crippen LogP contribution >= 0.6 is 22.9 Å². The molecule has 5 heteroatoms. The summed E-state index contributed by atoms with van der Waals surface area (Å²) in [7, 11) is 2.09. The van der Waals surface area contributed by atoms with E-state index >= 15 is 0 Å². The van der Waals surface area contributed by atoms with Crippen LogP contribution in [0.4, 0.5) is 0 Å².